The van der Waals surface area contributed by atoms with Crippen LogP contribution in [0.3, 0.4) is 0 Å². The number of rotatable bonds is 5. The summed E-state index contributed by atoms with van der Waals surface area (Å²) in [5.41, 5.74) is 2.54. The number of carboxylic acids is 1. The Labute approximate surface area is 187 Å². The Hall–Kier alpha value is -3.71. The summed E-state index contributed by atoms with van der Waals surface area (Å²) in [4.78, 5) is 30.6. The maximum absolute atomic E-state index is 13.3. The molecule has 1 aliphatic heterocycles. The molecule has 1 aliphatic rings. The van der Waals surface area contributed by atoms with Crippen molar-refractivity contribution in [1.82, 2.24) is 0 Å². The number of amides is 1. The van der Waals surface area contributed by atoms with Gasteiger partial charge in [-0.15, -0.1) is 0 Å². The normalized spacial score (nSPS) is 14.6. The van der Waals surface area contributed by atoms with Crippen LogP contribution in [-0.2, 0) is 4.79 Å². The molecule has 0 unspecified atom stereocenters. The Morgan fingerprint density at radius 3 is 2.32 bits per heavy atom. The third-order valence-electron chi connectivity index (χ3n) is 4.77. The lowest BCUT2D eigenvalue weighted by atomic mass is 10.1. The molecule has 4 rings (SSSR count). The van der Waals surface area contributed by atoms with E-state index in [1.54, 1.807) is 54.5 Å². The lowest BCUT2D eigenvalue weighted by molar-refractivity contribution is -0.113. The van der Waals surface area contributed by atoms with Crippen molar-refractivity contribution in [3.8, 4) is 5.75 Å². The number of aliphatic imine (C=N–C) groups is 1. The van der Waals surface area contributed by atoms with E-state index >= 15 is 0 Å². The highest BCUT2D eigenvalue weighted by molar-refractivity contribution is 9.10. The molecule has 0 aliphatic carbocycles. The van der Waals surface area contributed by atoms with Crippen LogP contribution in [0.4, 0.5) is 5.69 Å². The van der Waals surface area contributed by atoms with Crippen LogP contribution in [-0.4, -0.2) is 29.9 Å². The molecule has 0 saturated heterocycles. The maximum Gasteiger partial charge on any atom is 0.335 e. The standard InChI is InChI=1S/C24H17BrN2O4/c1-31-18-12-10-17(11-13-18)27-22(19-4-2-3-5-20(19)25)26-21(23(27)28)14-15-6-8-16(9-7-15)24(29)30/h2-14H,1H3,(H,29,30)/b21-14+. The number of carbonyl (C=O) groups excluding carboxylic acids is 1. The Morgan fingerprint density at radius 2 is 1.71 bits per heavy atom. The summed E-state index contributed by atoms with van der Waals surface area (Å²) in [5, 5.41) is 9.08. The molecule has 0 bridgehead atoms. The van der Waals surface area contributed by atoms with Crippen LogP contribution in [0.2, 0.25) is 0 Å². The Balaban J connectivity index is 1.79. The molecule has 154 valence electrons. The van der Waals surface area contributed by atoms with E-state index in [0.717, 1.165) is 10.0 Å². The monoisotopic (exact) mass is 476 g/mol. The number of aromatic carboxylic acids is 1. The number of carbonyl (C=O) groups is 2. The molecule has 0 atom stereocenters. The van der Waals surface area contributed by atoms with Gasteiger partial charge in [0.15, 0.2) is 0 Å². The fourth-order valence-corrected chi connectivity index (χ4v) is 3.65. The number of amidine groups is 1. The van der Waals surface area contributed by atoms with Gasteiger partial charge in [-0.3, -0.25) is 9.69 Å². The van der Waals surface area contributed by atoms with Crippen LogP contribution < -0.4 is 9.64 Å². The number of benzene rings is 3. The van der Waals surface area contributed by atoms with Gasteiger partial charge in [-0.1, -0.05) is 46.3 Å². The molecule has 0 saturated carbocycles. The summed E-state index contributed by atoms with van der Waals surface area (Å²) in [7, 11) is 1.58. The zero-order valence-electron chi connectivity index (χ0n) is 16.4. The van der Waals surface area contributed by atoms with E-state index in [2.05, 4.69) is 20.9 Å². The summed E-state index contributed by atoms with van der Waals surface area (Å²) in [6, 6.07) is 21.0. The Kier molecular flexibility index (Phi) is 5.68. The second-order valence-corrected chi connectivity index (χ2v) is 7.56. The predicted molar refractivity (Wildman–Crippen MR) is 123 cm³/mol. The third kappa shape index (κ3) is 4.13. The molecule has 3 aromatic carbocycles. The molecule has 0 spiro atoms. The van der Waals surface area contributed by atoms with Crippen molar-refractivity contribution < 1.29 is 19.4 Å². The van der Waals surface area contributed by atoms with Gasteiger partial charge in [0.2, 0.25) is 0 Å². The molecule has 1 heterocycles. The number of hydrogen-bond acceptors (Lipinski definition) is 4. The number of anilines is 1. The number of ether oxygens (including phenoxy) is 1. The molecule has 7 heteroatoms. The van der Waals surface area contributed by atoms with Crippen LogP contribution in [0.25, 0.3) is 6.08 Å². The average molecular weight is 477 g/mol. The zero-order valence-corrected chi connectivity index (χ0v) is 18.0. The quantitative estimate of drug-likeness (QED) is 0.526. The second-order valence-electron chi connectivity index (χ2n) is 6.71. The number of carboxylic acid groups (broad SMARTS) is 1. The highest BCUT2D eigenvalue weighted by Crippen LogP contribution is 2.31. The van der Waals surface area contributed by atoms with Crippen LogP contribution in [0.5, 0.6) is 5.75 Å². The van der Waals surface area contributed by atoms with Crippen LogP contribution in [0.15, 0.2) is 88.0 Å². The second kappa shape index (κ2) is 8.57. The van der Waals surface area contributed by atoms with Gasteiger partial charge >= 0.3 is 5.97 Å². The molecular weight excluding hydrogens is 460 g/mol. The molecule has 0 fully saturated rings. The fraction of sp³-hybridized carbons (Fsp3) is 0.0417. The summed E-state index contributed by atoms with van der Waals surface area (Å²) in [5.74, 6) is -0.102. The first-order valence-corrected chi connectivity index (χ1v) is 10.1. The van der Waals surface area contributed by atoms with Crippen molar-refractivity contribution in [1.29, 1.82) is 0 Å². The highest BCUT2D eigenvalue weighted by atomic mass is 79.9. The van der Waals surface area contributed by atoms with E-state index in [4.69, 9.17) is 9.84 Å². The van der Waals surface area contributed by atoms with Gasteiger partial charge in [-0.2, -0.15) is 0 Å². The lowest BCUT2D eigenvalue weighted by Gasteiger charge is -2.19. The van der Waals surface area contributed by atoms with Crippen LogP contribution in [0, 0.1) is 0 Å². The molecule has 0 aromatic heterocycles. The lowest BCUT2D eigenvalue weighted by Crippen LogP contribution is -2.32. The van der Waals surface area contributed by atoms with Crippen molar-refractivity contribution in [3.05, 3.63) is 99.7 Å². The van der Waals surface area contributed by atoms with E-state index in [1.165, 1.54) is 12.1 Å². The van der Waals surface area contributed by atoms with E-state index in [-0.39, 0.29) is 17.2 Å². The van der Waals surface area contributed by atoms with Gasteiger partial charge in [0.25, 0.3) is 5.91 Å². The first-order valence-electron chi connectivity index (χ1n) is 9.35. The van der Waals surface area contributed by atoms with Crippen molar-refractivity contribution >= 4 is 45.4 Å². The van der Waals surface area contributed by atoms with Gasteiger partial charge in [0.1, 0.15) is 17.3 Å². The first-order chi connectivity index (χ1) is 15.0. The minimum absolute atomic E-state index is 0.178. The zero-order chi connectivity index (χ0) is 22.0. The summed E-state index contributed by atoms with van der Waals surface area (Å²) in [6.45, 7) is 0. The Morgan fingerprint density at radius 1 is 1.03 bits per heavy atom. The SMILES string of the molecule is COc1ccc(N2C(=O)/C(=C\c3ccc(C(=O)O)cc3)N=C2c2ccccc2Br)cc1. The van der Waals surface area contributed by atoms with Crippen molar-refractivity contribution in [2.75, 3.05) is 12.0 Å². The van der Waals surface area contributed by atoms with Crippen LogP contribution in [0.1, 0.15) is 21.5 Å². The van der Waals surface area contributed by atoms with Gasteiger partial charge in [0, 0.05) is 10.0 Å². The van der Waals surface area contributed by atoms with Gasteiger partial charge in [-0.25, -0.2) is 9.79 Å². The van der Waals surface area contributed by atoms with Gasteiger partial charge < -0.3 is 9.84 Å². The van der Waals surface area contributed by atoms with Gasteiger partial charge in [-0.05, 0) is 54.1 Å². The number of methoxy groups -OCH3 is 1. The minimum Gasteiger partial charge on any atom is -0.497 e. The summed E-state index contributed by atoms with van der Waals surface area (Å²) >= 11 is 3.54. The third-order valence-corrected chi connectivity index (χ3v) is 5.46. The fourth-order valence-electron chi connectivity index (χ4n) is 3.19. The summed E-state index contributed by atoms with van der Waals surface area (Å²) < 4.78 is 6.03. The Bertz CT molecular complexity index is 1220. The highest BCUT2D eigenvalue weighted by Gasteiger charge is 2.33. The largest absolute Gasteiger partial charge is 0.497 e. The molecule has 1 N–H and O–H groups in total. The average Bonchev–Trinajstić information content (AvgIpc) is 3.10. The topological polar surface area (TPSA) is 79.2 Å². The molecule has 31 heavy (non-hydrogen) atoms. The number of hydrogen-bond donors (Lipinski definition) is 1. The number of nitrogens with zero attached hydrogens (tertiary/aromatic N) is 2. The minimum atomic E-state index is -1.00. The van der Waals surface area contributed by atoms with E-state index < -0.39 is 5.97 Å². The number of halogens is 1. The molecule has 6 nitrogen and oxygen atoms in total. The van der Waals surface area contributed by atoms with Crippen LogP contribution >= 0.6 is 15.9 Å². The molecule has 0 radical (unpaired) electrons. The molecular formula is C24H17BrN2O4. The van der Waals surface area contributed by atoms with E-state index in [0.29, 0.717) is 22.8 Å². The van der Waals surface area contributed by atoms with E-state index in [9.17, 15) is 9.59 Å². The van der Waals surface area contributed by atoms with Crippen molar-refractivity contribution in [2.45, 2.75) is 0 Å². The molecule has 1 amide bonds. The molecule has 3 aromatic rings. The smallest absolute Gasteiger partial charge is 0.335 e. The van der Waals surface area contributed by atoms with Crippen molar-refractivity contribution in [2.24, 2.45) is 4.99 Å². The predicted octanol–water partition coefficient (Wildman–Crippen LogP) is 4.99. The summed E-state index contributed by atoms with van der Waals surface area (Å²) in [6.07, 6.45) is 1.65. The van der Waals surface area contributed by atoms with Crippen molar-refractivity contribution in [3.63, 3.8) is 0 Å². The first kappa shape index (κ1) is 20.6. The maximum atomic E-state index is 13.3. The van der Waals surface area contributed by atoms with Gasteiger partial charge in [0.05, 0.1) is 18.4 Å². The van der Waals surface area contributed by atoms with E-state index in [1.807, 2.05) is 24.3 Å².